The third-order valence-electron chi connectivity index (χ3n) is 1.54. The van der Waals surface area contributed by atoms with Gasteiger partial charge in [0.15, 0.2) is 0 Å². The number of hydrogen-bond donors (Lipinski definition) is 1. The molecular weight excluding hydrogens is 153 g/mol. The summed E-state index contributed by atoms with van der Waals surface area (Å²) in [7, 11) is 1.70. The van der Waals surface area contributed by atoms with Crippen molar-refractivity contribution in [3.63, 3.8) is 0 Å². The van der Waals surface area contributed by atoms with Crippen molar-refractivity contribution in [1.29, 1.82) is 0 Å². The van der Waals surface area contributed by atoms with Gasteiger partial charge in [-0.2, -0.15) is 0 Å². The summed E-state index contributed by atoms with van der Waals surface area (Å²) in [6.07, 6.45) is 7.18. The molecular formula is C10H16FN. The van der Waals surface area contributed by atoms with E-state index in [1.807, 2.05) is 26.0 Å². The third-order valence-corrected chi connectivity index (χ3v) is 1.54. The Bertz CT molecular complexity index is 202. The summed E-state index contributed by atoms with van der Waals surface area (Å²) in [5, 5.41) is 2.75. The van der Waals surface area contributed by atoms with Crippen LogP contribution in [0.1, 0.15) is 20.3 Å². The first kappa shape index (κ1) is 11.0. The molecule has 12 heavy (non-hydrogen) atoms. The van der Waals surface area contributed by atoms with E-state index in [0.29, 0.717) is 12.0 Å². The maximum Gasteiger partial charge on any atom is 0.110 e. The fourth-order valence-electron chi connectivity index (χ4n) is 0.840. The van der Waals surface area contributed by atoms with E-state index in [9.17, 15) is 4.39 Å². The number of rotatable bonds is 4. The summed E-state index contributed by atoms with van der Waals surface area (Å²) in [6, 6.07) is 0. The van der Waals surface area contributed by atoms with Gasteiger partial charge < -0.3 is 5.32 Å². The van der Waals surface area contributed by atoms with Gasteiger partial charge in [-0.25, -0.2) is 4.39 Å². The highest BCUT2D eigenvalue weighted by Gasteiger charge is 1.90. The molecule has 0 saturated heterocycles. The number of hydrogen-bond acceptors (Lipinski definition) is 1. The molecule has 0 aromatic carbocycles. The Morgan fingerprint density at radius 3 is 2.50 bits per heavy atom. The second kappa shape index (κ2) is 6.65. The summed E-state index contributed by atoms with van der Waals surface area (Å²) < 4.78 is 12.1. The molecule has 0 heterocycles. The van der Waals surface area contributed by atoms with Crippen LogP contribution < -0.4 is 5.32 Å². The lowest BCUT2D eigenvalue weighted by Gasteiger charge is -2.00. The summed E-state index contributed by atoms with van der Waals surface area (Å²) in [5.74, 6) is 0. The standard InChI is InChI=1S/C10H16FN/c1-4-6-9(5-2)7-10(8-11)12-3/h4,6-8,12H,5H2,1-3H3/b6-4-,9-7-,10-8+. The van der Waals surface area contributed by atoms with Gasteiger partial charge in [-0.15, -0.1) is 0 Å². The van der Waals surface area contributed by atoms with Crippen molar-refractivity contribution in [2.45, 2.75) is 20.3 Å². The third kappa shape index (κ3) is 3.96. The minimum atomic E-state index is 0.505. The zero-order chi connectivity index (χ0) is 9.40. The molecule has 1 N–H and O–H groups in total. The fourth-order valence-corrected chi connectivity index (χ4v) is 0.840. The van der Waals surface area contributed by atoms with Gasteiger partial charge in [0.05, 0.1) is 5.70 Å². The summed E-state index contributed by atoms with van der Waals surface area (Å²) >= 11 is 0. The van der Waals surface area contributed by atoms with E-state index in [1.54, 1.807) is 13.1 Å². The van der Waals surface area contributed by atoms with Crippen LogP contribution in [0.5, 0.6) is 0 Å². The van der Waals surface area contributed by atoms with Crippen LogP contribution in [0.25, 0.3) is 0 Å². The van der Waals surface area contributed by atoms with Crippen molar-refractivity contribution in [3.8, 4) is 0 Å². The molecule has 0 saturated carbocycles. The van der Waals surface area contributed by atoms with Gasteiger partial charge >= 0.3 is 0 Å². The number of likely N-dealkylation sites (N-methyl/N-ethyl adjacent to an activating group) is 1. The van der Waals surface area contributed by atoms with Crippen LogP contribution in [0.15, 0.2) is 35.8 Å². The average molecular weight is 169 g/mol. The van der Waals surface area contributed by atoms with Crippen molar-refractivity contribution in [2.24, 2.45) is 0 Å². The molecule has 0 spiro atoms. The highest BCUT2D eigenvalue weighted by Crippen LogP contribution is 2.06. The van der Waals surface area contributed by atoms with Gasteiger partial charge in [0, 0.05) is 7.05 Å². The van der Waals surface area contributed by atoms with Crippen LogP contribution in [0, 0.1) is 0 Å². The number of nitrogens with one attached hydrogen (secondary N) is 1. The molecule has 0 aliphatic rings. The SMILES string of the molecule is C\C=C/C(=C\C(=C/F)NC)CC. The smallest absolute Gasteiger partial charge is 0.110 e. The van der Waals surface area contributed by atoms with Crippen LogP contribution >= 0.6 is 0 Å². The van der Waals surface area contributed by atoms with Crippen molar-refractivity contribution in [2.75, 3.05) is 7.05 Å². The van der Waals surface area contributed by atoms with Crippen LogP contribution in [0.4, 0.5) is 4.39 Å². The highest BCUT2D eigenvalue weighted by atomic mass is 19.1. The molecule has 0 radical (unpaired) electrons. The summed E-state index contributed by atoms with van der Waals surface area (Å²) in [4.78, 5) is 0. The van der Waals surface area contributed by atoms with E-state index in [1.165, 1.54) is 0 Å². The molecule has 0 aromatic heterocycles. The van der Waals surface area contributed by atoms with Crippen molar-refractivity contribution in [3.05, 3.63) is 35.8 Å². The first-order chi connectivity index (χ1) is 5.78. The van der Waals surface area contributed by atoms with Gasteiger partial charge in [0.25, 0.3) is 0 Å². The number of halogens is 1. The Morgan fingerprint density at radius 2 is 2.17 bits per heavy atom. The van der Waals surface area contributed by atoms with Crippen LogP contribution in [-0.4, -0.2) is 7.05 Å². The van der Waals surface area contributed by atoms with Gasteiger partial charge in [-0.1, -0.05) is 19.1 Å². The lowest BCUT2D eigenvalue weighted by molar-refractivity contribution is 0.701. The Morgan fingerprint density at radius 1 is 1.50 bits per heavy atom. The Hall–Kier alpha value is -1.05. The number of allylic oxidation sites excluding steroid dienone is 4. The van der Waals surface area contributed by atoms with Gasteiger partial charge in [0.1, 0.15) is 6.33 Å². The summed E-state index contributed by atoms with van der Waals surface area (Å²) in [5.41, 5.74) is 1.61. The zero-order valence-electron chi connectivity index (χ0n) is 7.89. The molecule has 1 nitrogen and oxygen atoms in total. The summed E-state index contributed by atoms with van der Waals surface area (Å²) in [6.45, 7) is 3.99. The average Bonchev–Trinajstić information content (AvgIpc) is 2.12. The minimum absolute atomic E-state index is 0.505. The molecule has 0 aliphatic heterocycles. The van der Waals surface area contributed by atoms with Crippen LogP contribution in [0.3, 0.4) is 0 Å². The quantitative estimate of drug-likeness (QED) is 0.638. The lowest BCUT2D eigenvalue weighted by atomic mass is 10.1. The van der Waals surface area contributed by atoms with Crippen LogP contribution in [0.2, 0.25) is 0 Å². The van der Waals surface area contributed by atoms with Crippen molar-refractivity contribution >= 4 is 0 Å². The van der Waals surface area contributed by atoms with E-state index in [2.05, 4.69) is 5.32 Å². The lowest BCUT2D eigenvalue weighted by Crippen LogP contribution is -2.02. The van der Waals surface area contributed by atoms with Crippen molar-refractivity contribution < 1.29 is 4.39 Å². The topological polar surface area (TPSA) is 12.0 Å². The van der Waals surface area contributed by atoms with E-state index in [4.69, 9.17) is 0 Å². The molecule has 0 unspecified atom stereocenters. The maximum atomic E-state index is 12.1. The fraction of sp³-hybridized carbons (Fsp3) is 0.400. The first-order valence-electron chi connectivity index (χ1n) is 4.09. The van der Waals surface area contributed by atoms with Gasteiger partial charge in [0.2, 0.25) is 0 Å². The molecule has 0 aliphatic carbocycles. The largest absolute Gasteiger partial charge is 0.386 e. The molecule has 0 aromatic rings. The van der Waals surface area contributed by atoms with E-state index in [0.717, 1.165) is 12.0 Å². The Labute approximate surface area is 73.7 Å². The van der Waals surface area contributed by atoms with Gasteiger partial charge in [-0.3, -0.25) is 0 Å². The monoisotopic (exact) mass is 169 g/mol. The first-order valence-corrected chi connectivity index (χ1v) is 4.09. The predicted octanol–water partition coefficient (Wildman–Crippen LogP) is 2.93. The maximum absolute atomic E-state index is 12.1. The Kier molecular flexibility index (Phi) is 6.07. The predicted molar refractivity (Wildman–Crippen MR) is 51.4 cm³/mol. The normalized spacial score (nSPS) is 14.0. The second-order valence-corrected chi connectivity index (χ2v) is 2.39. The van der Waals surface area contributed by atoms with E-state index >= 15 is 0 Å². The van der Waals surface area contributed by atoms with E-state index < -0.39 is 0 Å². The molecule has 0 rings (SSSR count). The van der Waals surface area contributed by atoms with E-state index in [-0.39, 0.29) is 0 Å². The molecule has 0 bridgehead atoms. The molecule has 0 atom stereocenters. The second-order valence-electron chi connectivity index (χ2n) is 2.39. The van der Waals surface area contributed by atoms with Crippen molar-refractivity contribution in [1.82, 2.24) is 5.32 Å². The molecule has 2 heteroatoms. The highest BCUT2D eigenvalue weighted by molar-refractivity contribution is 5.27. The zero-order valence-corrected chi connectivity index (χ0v) is 7.89. The minimum Gasteiger partial charge on any atom is -0.386 e. The van der Waals surface area contributed by atoms with Crippen LogP contribution in [-0.2, 0) is 0 Å². The molecule has 0 amide bonds. The molecule has 68 valence electrons. The van der Waals surface area contributed by atoms with Gasteiger partial charge in [-0.05, 0) is 25.0 Å². The molecule has 0 fully saturated rings. The Balaban J connectivity index is 4.46.